The second-order valence-electron chi connectivity index (χ2n) is 3.41. The lowest BCUT2D eigenvalue weighted by atomic mass is 10.1. The summed E-state index contributed by atoms with van der Waals surface area (Å²) in [5, 5.41) is 37.4. The number of nitro benzene ring substituents is 1. The number of amides is 1. The molecule has 0 aromatic heterocycles. The van der Waals surface area contributed by atoms with Gasteiger partial charge in [-0.2, -0.15) is 10.5 Å². The predicted octanol–water partition coefficient (Wildman–Crippen LogP) is 0.790. The summed E-state index contributed by atoms with van der Waals surface area (Å²) in [7, 11) is 0. The van der Waals surface area contributed by atoms with Crippen LogP contribution in [-0.4, -0.2) is 33.9 Å². The van der Waals surface area contributed by atoms with E-state index in [2.05, 4.69) is 0 Å². The highest BCUT2D eigenvalue weighted by Gasteiger charge is 2.24. The van der Waals surface area contributed by atoms with Gasteiger partial charge < -0.3 is 10.0 Å². The third kappa shape index (κ3) is 2.96. The maximum Gasteiger partial charge on any atom is 0.311 e. The van der Waals surface area contributed by atoms with Crippen LogP contribution < -0.4 is 0 Å². The monoisotopic (exact) mass is 260 g/mol. The molecule has 1 aromatic rings. The van der Waals surface area contributed by atoms with Crippen LogP contribution in [0.25, 0.3) is 0 Å². The normalized spacial score (nSPS) is 9.16. The number of carbonyl (C=O) groups is 1. The number of nitro groups is 1. The smallest absolute Gasteiger partial charge is 0.311 e. The Balaban J connectivity index is 3.19. The highest BCUT2D eigenvalue weighted by atomic mass is 16.6. The molecular weight excluding hydrogens is 252 g/mol. The van der Waals surface area contributed by atoms with E-state index in [-0.39, 0.29) is 18.7 Å². The number of nitriles is 2. The number of phenols is 1. The van der Waals surface area contributed by atoms with Gasteiger partial charge in [-0.05, 0) is 6.07 Å². The lowest BCUT2D eigenvalue weighted by Gasteiger charge is -2.16. The number of aromatic hydroxyl groups is 1. The van der Waals surface area contributed by atoms with Crippen molar-refractivity contribution in [2.24, 2.45) is 0 Å². The zero-order valence-electron chi connectivity index (χ0n) is 9.61. The first-order valence-electron chi connectivity index (χ1n) is 5.02. The summed E-state index contributed by atoms with van der Waals surface area (Å²) in [5.41, 5.74) is -0.931. The van der Waals surface area contributed by atoms with Crippen LogP contribution in [-0.2, 0) is 0 Å². The van der Waals surface area contributed by atoms with E-state index in [9.17, 15) is 20.0 Å². The highest BCUT2D eigenvalue weighted by Crippen LogP contribution is 2.29. The minimum absolute atomic E-state index is 0.320. The molecule has 0 radical (unpaired) electrons. The van der Waals surface area contributed by atoms with Gasteiger partial charge in [-0.3, -0.25) is 14.9 Å². The van der Waals surface area contributed by atoms with Crippen LogP contribution in [0.15, 0.2) is 18.2 Å². The van der Waals surface area contributed by atoms with Gasteiger partial charge in [0.1, 0.15) is 13.1 Å². The molecule has 0 saturated carbocycles. The number of hydrogen-bond acceptors (Lipinski definition) is 6. The molecule has 0 aliphatic rings. The molecule has 0 bridgehead atoms. The number of rotatable bonds is 4. The first-order chi connectivity index (χ1) is 9.02. The number of carbonyl (C=O) groups excluding carboxylic acids is 1. The maximum atomic E-state index is 12.0. The molecule has 8 nitrogen and oxygen atoms in total. The molecule has 19 heavy (non-hydrogen) atoms. The first kappa shape index (κ1) is 13.9. The van der Waals surface area contributed by atoms with Gasteiger partial charge in [0.25, 0.3) is 5.91 Å². The zero-order valence-corrected chi connectivity index (χ0v) is 9.61. The van der Waals surface area contributed by atoms with Gasteiger partial charge in [0.05, 0.1) is 22.6 Å². The Labute approximate surface area is 107 Å². The molecule has 0 saturated heterocycles. The Bertz CT molecular complexity index is 584. The highest BCUT2D eigenvalue weighted by molar-refractivity contribution is 5.98. The van der Waals surface area contributed by atoms with Crippen LogP contribution in [0.1, 0.15) is 10.4 Å². The number of para-hydroxylation sites is 1. The number of benzene rings is 1. The SMILES string of the molecule is N#CCN(CC#N)C(=O)c1cccc([N+](=O)[O-])c1O. The molecule has 96 valence electrons. The van der Waals surface area contributed by atoms with Gasteiger partial charge in [-0.25, -0.2) is 0 Å². The lowest BCUT2D eigenvalue weighted by molar-refractivity contribution is -0.385. The van der Waals surface area contributed by atoms with E-state index >= 15 is 0 Å². The Hall–Kier alpha value is -3.13. The minimum Gasteiger partial charge on any atom is -0.502 e. The largest absolute Gasteiger partial charge is 0.502 e. The van der Waals surface area contributed by atoms with E-state index in [1.54, 1.807) is 12.1 Å². The minimum atomic E-state index is -0.828. The van der Waals surface area contributed by atoms with Crippen molar-refractivity contribution in [1.29, 1.82) is 10.5 Å². The second-order valence-corrected chi connectivity index (χ2v) is 3.41. The van der Waals surface area contributed by atoms with Crippen molar-refractivity contribution in [2.75, 3.05) is 13.1 Å². The van der Waals surface area contributed by atoms with Crippen LogP contribution >= 0.6 is 0 Å². The predicted molar refractivity (Wildman–Crippen MR) is 61.9 cm³/mol. The van der Waals surface area contributed by atoms with Gasteiger partial charge in [0, 0.05) is 6.07 Å². The van der Waals surface area contributed by atoms with Crippen molar-refractivity contribution in [3.8, 4) is 17.9 Å². The third-order valence-electron chi connectivity index (χ3n) is 2.25. The van der Waals surface area contributed by atoms with E-state index in [0.29, 0.717) is 0 Å². The summed E-state index contributed by atoms with van der Waals surface area (Å²) in [6, 6.07) is 6.87. The average molecular weight is 260 g/mol. The quantitative estimate of drug-likeness (QED) is 0.483. The summed E-state index contributed by atoms with van der Waals surface area (Å²) in [6.07, 6.45) is 0. The van der Waals surface area contributed by atoms with E-state index in [1.807, 2.05) is 0 Å². The number of hydrogen-bond donors (Lipinski definition) is 1. The van der Waals surface area contributed by atoms with Crippen molar-refractivity contribution < 1.29 is 14.8 Å². The molecule has 0 fully saturated rings. The van der Waals surface area contributed by atoms with Crippen LogP contribution in [0.5, 0.6) is 5.75 Å². The third-order valence-corrected chi connectivity index (χ3v) is 2.25. The summed E-state index contributed by atoms with van der Waals surface area (Å²) >= 11 is 0. The van der Waals surface area contributed by atoms with Gasteiger partial charge in [0.15, 0.2) is 0 Å². The fraction of sp³-hybridized carbons (Fsp3) is 0.182. The van der Waals surface area contributed by atoms with E-state index in [0.717, 1.165) is 11.0 Å². The van der Waals surface area contributed by atoms with Gasteiger partial charge >= 0.3 is 5.69 Å². The molecule has 0 aliphatic heterocycles. The molecule has 8 heteroatoms. The van der Waals surface area contributed by atoms with Gasteiger partial charge in [0.2, 0.25) is 5.75 Å². The molecule has 0 atom stereocenters. The van der Waals surface area contributed by atoms with Crippen LogP contribution in [0.4, 0.5) is 5.69 Å². The zero-order chi connectivity index (χ0) is 14.4. The summed E-state index contributed by atoms with van der Waals surface area (Å²) in [5.74, 6) is -1.59. The van der Waals surface area contributed by atoms with Crippen LogP contribution in [0.3, 0.4) is 0 Å². The van der Waals surface area contributed by atoms with Crippen molar-refractivity contribution in [3.63, 3.8) is 0 Å². The Morgan fingerprint density at radius 1 is 1.37 bits per heavy atom. The fourth-order valence-electron chi connectivity index (χ4n) is 1.39. The molecule has 0 unspecified atom stereocenters. The molecule has 0 heterocycles. The van der Waals surface area contributed by atoms with Crippen molar-refractivity contribution >= 4 is 11.6 Å². The fourth-order valence-corrected chi connectivity index (χ4v) is 1.39. The number of phenolic OH excluding ortho intramolecular Hbond substituents is 1. The topological polar surface area (TPSA) is 131 Å². The van der Waals surface area contributed by atoms with Crippen molar-refractivity contribution in [2.45, 2.75) is 0 Å². The molecule has 1 amide bonds. The molecule has 1 aromatic carbocycles. The summed E-state index contributed by atoms with van der Waals surface area (Å²) in [4.78, 5) is 22.6. The molecular formula is C11H8N4O4. The first-order valence-corrected chi connectivity index (χ1v) is 5.02. The second kappa shape index (κ2) is 5.98. The standard InChI is InChI=1S/C11H8N4O4/c12-4-6-14(7-5-13)11(17)8-2-1-3-9(10(8)16)15(18)19/h1-3,16H,6-7H2. The van der Waals surface area contributed by atoms with Gasteiger partial charge in [-0.1, -0.05) is 6.07 Å². The molecule has 1 rings (SSSR count). The Morgan fingerprint density at radius 3 is 2.42 bits per heavy atom. The van der Waals surface area contributed by atoms with E-state index in [1.165, 1.54) is 12.1 Å². The number of nitrogens with zero attached hydrogens (tertiary/aromatic N) is 4. The summed E-state index contributed by atoms with van der Waals surface area (Å²) in [6.45, 7) is -0.705. The molecule has 0 aliphatic carbocycles. The maximum absolute atomic E-state index is 12.0. The van der Waals surface area contributed by atoms with Crippen molar-refractivity contribution in [3.05, 3.63) is 33.9 Å². The van der Waals surface area contributed by atoms with Crippen LogP contribution in [0, 0.1) is 32.8 Å². The average Bonchev–Trinajstić information content (AvgIpc) is 2.37. The Morgan fingerprint density at radius 2 is 1.95 bits per heavy atom. The van der Waals surface area contributed by atoms with Crippen molar-refractivity contribution in [1.82, 2.24) is 4.90 Å². The van der Waals surface area contributed by atoms with E-state index < -0.39 is 22.3 Å². The summed E-state index contributed by atoms with van der Waals surface area (Å²) < 4.78 is 0. The molecule has 0 spiro atoms. The van der Waals surface area contributed by atoms with E-state index in [4.69, 9.17) is 10.5 Å². The molecule has 1 N–H and O–H groups in total. The Kier molecular flexibility index (Phi) is 4.39. The lowest BCUT2D eigenvalue weighted by Crippen LogP contribution is -2.31. The van der Waals surface area contributed by atoms with Crippen LogP contribution in [0.2, 0.25) is 0 Å². The van der Waals surface area contributed by atoms with Gasteiger partial charge in [-0.15, -0.1) is 0 Å².